The number of anilines is 1. The minimum absolute atomic E-state index is 0.0950. The van der Waals surface area contributed by atoms with Crippen LogP contribution in [0, 0.1) is 6.92 Å². The van der Waals surface area contributed by atoms with Crippen LogP contribution in [0.3, 0.4) is 0 Å². The lowest BCUT2D eigenvalue weighted by Crippen LogP contribution is -2.31. The first-order chi connectivity index (χ1) is 12.4. The Kier molecular flexibility index (Phi) is 5.75. The molecule has 1 aliphatic heterocycles. The Bertz CT molecular complexity index is 910. The predicted molar refractivity (Wildman–Crippen MR) is 106 cm³/mol. The summed E-state index contributed by atoms with van der Waals surface area (Å²) in [7, 11) is 0. The molecule has 0 atom stereocenters. The van der Waals surface area contributed by atoms with Crippen LogP contribution in [0.25, 0.3) is 6.08 Å². The maximum absolute atomic E-state index is 12.6. The summed E-state index contributed by atoms with van der Waals surface area (Å²) in [6.07, 6.45) is 1.80. The number of carbonyl (C=O) groups excluding carboxylic acids is 2. The number of thioether (sulfide) groups is 1. The van der Waals surface area contributed by atoms with E-state index in [0.717, 1.165) is 5.56 Å². The Labute approximate surface area is 164 Å². The highest BCUT2D eigenvalue weighted by atomic mass is 35.5. The lowest BCUT2D eigenvalue weighted by molar-refractivity contribution is -0.122. The molecule has 1 aliphatic rings. The van der Waals surface area contributed by atoms with Gasteiger partial charge in [-0.25, -0.2) is 0 Å². The number of hydrogen-bond donors (Lipinski definition) is 1. The maximum atomic E-state index is 12.6. The molecule has 2 aromatic rings. The van der Waals surface area contributed by atoms with Gasteiger partial charge in [0.05, 0.1) is 4.91 Å². The molecule has 1 aromatic heterocycles. The number of benzene rings is 1. The molecule has 0 bridgehead atoms. The topological polar surface area (TPSA) is 75.4 Å². The number of rotatable bonds is 5. The summed E-state index contributed by atoms with van der Waals surface area (Å²) < 4.78 is 5.30. The van der Waals surface area contributed by atoms with Crippen molar-refractivity contribution in [1.29, 1.82) is 0 Å². The third kappa shape index (κ3) is 4.32. The van der Waals surface area contributed by atoms with E-state index in [1.807, 2.05) is 18.2 Å². The van der Waals surface area contributed by atoms with Crippen LogP contribution in [0.5, 0.6) is 0 Å². The van der Waals surface area contributed by atoms with Gasteiger partial charge in [0.1, 0.15) is 10.1 Å². The lowest BCUT2D eigenvalue weighted by Gasteiger charge is -2.13. The van der Waals surface area contributed by atoms with Gasteiger partial charge in [-0.2, -0.15) is 0 Å². The Morgan fingerprint density at radius 1 is 1.46 bits per heavy atom. The first-order valence-electron chi connectivity index (χ1n) is 7.67. The number of nitrogens with zero attached hydrogens (tertiary/aromatic N) is 2. The fourth-order valence-electron chi connectivity index (χ4n) is 2.27. The molecule has 1 N–H and O–H groups in total. The van der Waals surface area contributed by atoms with Crippen molar-refractivity contribution in [1.82, 2.24) is 10.1 Å². The minimum atomic E-state index is -0.276. The van der Waals surface area contributed by atoms with Crippen molar-refractivity contribution in [3.63, 3.8) is 0 Å². The minimum Gasteiger partial charge on any atom is -0.360 e. The van der Waals surface area contributed by atoms with Gasteiger partial charge in [0.2, 0.25) is 5.91 Å². The summed E-state index contributed by atoms with van der Waals surface area (Å²) in [6, 6.07) is 8.85. The van der Waals surface area contributed by atoms with Gasteiger partial charge in [-0.1, -0.05) is 58.9 Å². The lowest BCUT2D eigenvalue weighted by atomic mass is 10.2. The first-order valence-corrected chi connectivity index (χ1v) is 9.27. The fraction of sp³-hybridized carbons (Fsp3) is 0.176. The monoisotopic (exact) mass is 407 g/mol. The molecule has 3 rings (SSSR count). The highest BCUT2D eigenvalue weighted by molar-refractivity contribution is 8.26. The Morgan fingerprint density at radius 2 is 2.23 bits per heavy atom. The average molecular weight is 408 g/mol. The summed E-state index contributed by atoms with van der Waals surface area (Å²) in [5.74, 6) is 0.436. The second-order valence-electron chi connectivity index (χ2n) is 5.48. The van der Waals surface area contributed by atoms with Gasteiger partial charge in [-0.3, -0.25) is 14.5 Å². The second kappa shape index (κ2) is 8.03. The Hall–Kier alpha value is -2.16. The highest BCUT2D eigenvalue weighted by Gasteiger charge is 2.32. The van der Waals surface area contributed by atoms with Crippen molar-refractivity contribution in [2.45, 2.75) is 13.3 Å². The van der Waals surface area contributed by atoms with E-state index in [1.165, 1.54) is 16.7 Å². The number of nitrogens with one attached hydrogen (secondary N) is 1. The Morgan fingerprint density at radius 3 is 2.92 bits per heavy atom. The van der Waals surface area contributed by atoms with E-state index >= 15 is 0 Å². The van der Waals surface area contributed by atoms with E-state index in [-0.39, 0.29) is 24.8 Å². The summed E-state index contributed by atoms with van der Waals surface area (Å²) in [4.78, 5) is 26.4. The number of amides is 2. The standard InChI is InChI=1S/C17H14ClN3O3S2/c1-10-8-14(20-24-10)19-15(22)6-7-21-16(23)13(26-17(21)25)9-11-4-2-3-5-12(11)18/h2-5,8-9H,6-7H2,1H3,(H,19,20,22)/b13-9-. The molecule has 26 heavy (non-hydrogen) atoms. The van der Waals surface area contributed by atoms with Gasteiger partial charge in [0.25, 0.3) is 5.91 Å². The third-order valence-corrected chi connectivity index (χ3v) is 5.25. The van der Waals surface area contributed by atoms with Gasteiger partial charge in [0.15, 0.2) is 5.82 Å². The number of thiocarbonyl (C=S) groups is 1. The van der Waals surface area contributed by atoms with Crippen LogP contribution in [-0.2, 0) is 9.59 Å². The number of hydrogen-bond acceptors (Lipinski definition) is 6. The largest absolute Gasteiger partial charge is 0.360 e. The fourth-order valence-corrected chi connectivity index (χ4v) is 3.76. The van der Waals surface area contributed by atoms with E-state index in [4.69, 9.17) is 28.3 Å². The molecule has 134 valence electrons. The molecule has 2 heterocycles. The van der Waals surface area contributed by atoms with Gasteiger partial charge in [-0.05, 0) is 24.6 Å². The third-order valence-electron chi connectivity index (χ3n) is 3.52. The molecule has 0 aliphatic carbocycles. The molecule has 1 saturated heterocycles. The number of aryl methyl sites for hydroxylation is 1. The smallest absolute Gasteiger partial charge is 0.266 e. The number of carbonyl (C=O) groups is 2. The van der Waals surface area contributed by atoms with Crippen LogP contribution in [0.4, 0.5) is 5.82 Å². The number of halogens is 1. The van der Waals surface area contributed by atoms with Crippen molar-refractivity contribution < 1.29 is 14.1 Å². The van der Waals surface area contributed by atoms with Crippen molar-refractivity contribution in [3.05, 3.63) is 51.6 Å². The van der Waals surface area contributed by atoms with Gasteiger partial charge < -0.3 is 9.84 Å². The van der Waals surface area contributed by atoms with Gasteiger partial charge in [-0.15, -0.1) is 0 Å². The molecule has 0 unspecified atom stereocenters. The molecule has 0 saturated carbocycles. The summed E-state index contributed by atoms with van der Waals surface area (Å²) in [5.41, 5.74) is 0.744. The van der Waals surface area contributed by atoms with E-state index in [1.54, 1.807) is 25.1 Å². The zero-order valence-corrected chi connectivity index (χ0v) is 16.1. The molecule has 9 heteroatoms. The van der Waals surface area contributed by atoms with Crippen LogP contribution >= 0.6 is 35.6 Å². The summed E-state index contributed by atoms with van der Waals surface area (Å²) in [5, 5.41) is 6.86. The number of aromatic nitrogens is 1. The van der Waals surface area contributed by atoms with Crippen LogP contribution in [0.2, 0.25) is 5.02 Å². The highest BCUT2D eigenvalue weighted by Crippen LogP contribution is 2.33. The second-order valence-corrected chi connectivity index (χ2v) is 7.56. The van der Waals surface area contributed by atoms with Gasteiger partial charge >= 0.3 is 0 Å². The summed E-state index contributed by atoms with van der Waals surface area (Å²) in [6.45, 7) is 1.92. The van der Waals surface area contributed by atoms with E-state index in [0.29, 0.717) is 25.8 Å². The van der Waals surface area contributed by atoms with Crippen molar-refractivity contribution in [2.75, 3.05) is 11.9 Å². The molecule has 0 spiro atoms. The van der Waals surface area contributed by atoms with Crippen LogP contribution < -0.4 is 5.32 Å². The van der Waals surface area contributed by atoms with Crippen LogP contribution in [-0.4, -0.2) is 32.7 Å². The molecule has 1 fully saturated rings. The van der Waals surface area contributed by atoms with E-state index < -0.39 is 0 Å². The maximum Gasteiger partial charge on any atom is 0.266 e. The van der Waals surface area contributed by atoms with Crippen molar-refractivity contribution in [2.24, 2.45) is 0 Å². The molecule has 0 radical (unpaired) electrons. The zero-order valence-electron chi connectivity index (χ0n) is 13.7. The average Bonchev–Trinajstić information content (AvgIpc) is 3.11. The first kappa shape index (κ1) is 18.6. The molecule has 2 amide bonds. The molecule has 1 aromatic carbocycles. The normalized spacial score (nSPS) is 15.8. The molecule has 6 nitrogen and oxygen atoms in total. The predicted octanol–water partition coefficient (Wildman–Crippen LogP) is 3.87. The van der Waals surface area contributed by atoms with Crippen LogP contribution in [0.15, 0.2) is 39.8 Å². The Balaban J connectivity index is 1.62. The van der Waals surface area contributed by atoms with Crippen molar-refractivity contribution in [3.8, 4) is 0 Å². The zero-order chi connectivity index (χ0) is 18.7. The summed E-state index contributed by atoms with van der Waals surface area (Å²) >= 11 is 12.6. The van der Waals surface area contributed by atoms with E-state index in [2.05, 4.69) is 10.5 Å². The SMILES string of the molecule is Cc1cc(NC(=O)CCN2C(=O)/C(=C/c3ccccc3Cl)SC2=S)no1. The van der Waals surface area contributed by atoms with Gasteiger partial charge in [0, 0.05) is 24.1 Å². The van der Waals surface area contributed by atoms with Crippen LogP contribution in [0.1, 0.15) is 17.7 Å². The quantitative estimate of drug-likeness (QED) is 0.599. The molecular formula is C17H14ClN3O3S2. The van der Waals surface area contributed by atoms with Crippen molar-refractivity contribution >= 4 is 63.6 Å². The molecular weight excluding hydrogens is 394 g/mol. The van der Waals surface area contributed by atoms with E-state index in [9.17, 15) is 9.59 Å².